The van der Waals surface area contributed by atoms with Gasteiger partial charge < -0.3 is 10.5 Å². The van der Waals surface area contributed by atoms with Crippen molar-refractivity contribution in [3.8, 4) is 6.07 Å². The number of ketones is 1. The number of carbonyl (C=O) groups excluding carboxylic acids is 1. The molecule has 0 saturated carbocycles. The van der Waals surface area contributed by atoms with E-state index in [2.05, 4.69) is 6.07 Å². The van der Waals surface area contributed by atoms with Gasteiger partial charge in [0.2, 0.25) is 5.88 Å². The molecule has 0 unspecified atom stereocenters. The summed E-state index contributed by atoms with van der Waals surface area (Å²) in [5.74, 6) is 0.205. The molecular weight excluding hydrogens is 260 g/mol. The van der Waals surface area contributed by atoms with E-state index < -0.39 is 0 Å². The summed E-state index contributed by atoms with van der Waals surface area (Å²) in [7, 11) is 0. The molecule has 1 aromatic rings. The van der Waals surface area contributed by atoms with E-state index in [1.807, 2.05) is 17.5 Å². The summed E-state index contributed by atoms with van der Waals surface area (Å²) in [6, 6.07) is 6.03. The van der Waals surface area contributed by atoms with Gasteiger partial charge >= 0.3 is 0 Å². The van der Waals surface area contributed by atoms with Crippen LogP contribution >= 0.6 is 11.3 Å². The predicted molar refractivity (Wildman–Crippen MR) is 70.9 cm³/mol. The first-order valence-electron chi connectivity index (χ1n) is 6.09. The van der Waals surface area contributed by atoms with E-state index in [-0.39, 0.29) is 17.6 Å². The highest BCUT2D eigenvalue weighted by atomic mass is 32.1. The lowest BCUT2D eigenvalue weighted by molar-refractivity contribution is -0.119. The van der Waals surface area contributed by atoms with E-state index in [1.165, 1.54) is 0 Å². The lowest BCUT2D eigenvalue weighted by Gasteiger charge is -2.30. The first-order valence-corrected chi connectivity index (χ1v) is 6.97. The average molecular weight is 272 g/mol. The fourth-order valence-electron chi connectivity index (χ4n) is 2.61. The highest BCUT2D eigenvalue weighted by molar-refractivity contribution is 7.10. The minimum atomic E-state index is -0.210. The molecule has 1 aromatic heterocycles. The third-order valence-corrected chi connectivity index (χ3v) is 4.39. The highest BCUT2D eigenvalue weighted by Crippen LogP contribution is 2.44. The van der Waals surface area contributed by atoms with Crippen LogP contribution in [0, 0.1) is 11.3 Å². The van der Waals surface area contributed by atoms with Crippen molar-refractivity contribution in [1.29, 1.82) is 5.26 Å². The second kappa shape index (κ2) is 4.56. The smallest absolute Gasteiger partial charge is 0.205 e. The monoisotopic (exact) mass is 272 g/mol. The molecule has 0 saturated heterocycles. The lowest BCUT2D eigenvalue weighted by atomic mass is 9.81. The SMILES string of the molecule is N#CC1=C(N)OC2=C(CCCC2=O)[C@@H]1c1cccs1. The van der Waals surface area contributed by atoms with Gasteiger partial charge in [0.25, 0.3) is 0 Å². The molecule has 5 heteroatoms. The van der Waals surface area contributed by atoms with Gasteiger partial charge in [-0.05, 0) is 29.9 Å². The zero-order chi connectivity index (χ0) is 13.4. The lowest BCUT2D eigenvalue weighted by Crippen LogP contribution is -2.26. The summed E-state index contributed by atoms with van der Waals surface area (Å²) in [5.41, 5.74) is 7.13. The van der Waals surface area contributed by atoms with Crippen LogP contribution in [0.3, 0.4) is 0 Å². The Labute approximate surface area is 114 Å². The Balaban J connectivity index is 2.16. The molecule has 4 nitrogen and oxygen atoms in total. The number of allylic oxidation sites excluding steroid dienone is 3. The fourth-order valence-corrected chi connectivity index (χ4v) is 3.48. The largest absolute Gasteiger partial charge is 0.437 e. The Morgan fingerprint density at radius 2 is 2.32 bits per heavy atom. The van der Waals surface area contributed by atoms with Crippen molar-refractivity contribution in [2.24, 2.45) is 5.73 Å². The number of rotatable bonds is 1. The van der Waals surface area contributed by atoms with Gasteiger partial charge in [0, 0.05) is 11.3 Å². The summed E-state index contributed by atoms with van der Waals surface area (Å²) in [4.78, 5) is 13.0. The average Bonchev–Trinajstić information content (AvgIpc) is 2.92. The quantitative estimate of drug-likeness (QED) is 0.852. The van der Waals surface area contributed by atoms with E-state index in [0.717, 1.165) is 23.3 Å². The zero-order valence-electron chi connectivity index (χ0n) is 10.2. The molecule has 0 spiro atoms. The van der Waals surface area contributed by atoms with Gasteiger partial charge in [-0.25, -0.2) is 0 Å². The fraction of sp³-hybridized carbons (Fsp3) is 0.286. The van der Waals surface area contributed by atoms with Gasteiger partial charge in [-0.15, -0.1) is 11.3 Å². The maximum Gasteiger partial charge on any atom is 0.205 e. The molecule has 0 fully saturated rings. The normalized spacial score (nSPS) is 22.9. The second-order valence-corrected chi connectivity index (χ2v) is 5.55. The number of Topliss-reactive ketones (excluding diaryl/α,β-unsaturated/α-hetero) is 1. The molecular formula is C14H12N2O2S. The van der Waals surface area contributed by atoms with Gasteiger partial charge in [-0.2, -0.15) is 5.26 Å². The molecule has 3 rings (SSSR count). The number of hydrogen-bond acceptors (Lipinski definition) is 5. The van der Waals surface area contributed by atoms with E-state index in [1.54, 1.807) is 11.3 Å². The van der Waals surface area contributed by atoms with Crippen LogP contribution in [-0.2, 0) is 9.53 Å². The number of ether oxygens (including phenoxy) is 1. The third kappa shape index (κ3) is 1.85. The molecule has 2 N–H and O–H groups in total. The molecule has 0 bridgehead atoms. The van der Waals surface area contributed by atoms with Crippen LogP contribution in [0.25, 0.3) is 0 Å². The molecule has 1 aliphatic heterocycles. The summed E-state index contributed by atoms with van der Waals surface area (Å²) in [6.45, 7) is 0. The molecule has 0 amide bonds. The van der Waals surface area contributed by atoms with Gasteiger partial charge in [0.15, 0.2) is 11.5 Å². The molecule has 96 valence electrons. The van der Waals surface area contributed by atoms with E-state index in [9.17, 15) is 10.1 Å². The Hall–Kier alpha value is -2.06. The number of hydrogen-bond donors (Lipinski definition) is 1. The summed E-state index contributed by atoms with van der Waals surface area (Å²) in [6.07, 6.45) is 2.08. The van der Waals surface area contributed by atoms with Crippen LogP contribution < -0.4 is 5.73 Å². The van der Waals surface area contributed by atoms with Crippen LogP contribution in [0.4, 0.5) is 0 Å². The first-order chi connectivity index (χ1) is 9.22. The molecule has 2 heterocycles. The molecule has 1 aliphatic carbocycles. The van der Waals surface area contributed by atoms with Crippen molar-refractivity contribution in [2.45, 2.75) is 25.2 Å². The second-order valence-electron chi connectivity index (χ2n) is 4.57. The molecule has 19 heavy (non-hydrogen) atoms. The number of nitrogens with zero attached hydrogens (tertiary/aromatic N) is 1. The molecule has 0 aromatic carbocycles. The Morgan fingerprint density at radius 3 is 3.00 bits per heavy atom. The maximum atomic E-state index is 11.9. The van der Waals surface area contributed by atoms with Crippen molar-refractivity contribution in [3.63, 3.8) is 0 Å². The summed E-state index contributed by atoms with van der Waals surface area (Å²) < 4.78 is 5.40. The van der Waals surface area contributed by atoms with Crippen LogP contribution in [0.2, 0.25) is 0 Å². The topological polar surface area (TPSA) is 76.1 Å². The van der Waals surface area contributed by atoms with Crippen LogP contribution in [0.5, 0.6) is 0 Å². The number of thiophene rings is 1. The van der Waals surface area contributed by atoms with E-state index in [0.29, 0.717) is 17.8 Å². The number of nitrogens with two attached hydrogens (primary N) is 1. The van der Waals surface area contributed by atoms with E-state index in [4.69, 9.17) is 10.5 Å². The minimum Gasteiger partial charge on any atom is -0.437 e. The van der Waals surface area contributed by atoms with Crippen LogP contribution in [-0.4, -0.2) is 5.78 Å². The van der Waals surface area contributed by atoms with Crippen LogP contribution in [0.15, 0.2) is 40.3 Å². The van der Waals surface area contributed by atoms with Gasteiger partial charge in [0.05, 0.1) is 5.92 Å². The van der Waals surface area contributed by atoms with Crippen molar-refractivity contribution < 1.29 is 9.53 Å². The molecule has 2 aliphatic rings. The maximum absolute atomic E-state index is 11.9. The zero-order valence-corrected chi connectivity index (χ0v) is 11.0. The summed E-state index contributed by atoms with van der Waals surface area (Å²) in [5, 5.41) is 11.3. The Morgan fingerprint density at radius 1 is 1.47 bits per heavy atom. The van der Waals surface area contributed by atoms with Crippen molar-refractivity contribution in [1.82, 2.24) is 0 Å². The standard InChI is InChI=1S/C14H12N2O2S/c15-7-9-12(11-5-2-6-19-11)8-3-1-4-10(17)13(8)18-14(9)16/h2,5-6,12H,1,3-4,16H2/t12-/m0/s1. The van der Waals surface area contributed by atoms with Crippen LogP contribution in [0.1, 0.15) is 30.1 Å². The van der Waals surface area contributed by atoms with Gasteiger partial charge in [-0.3, -0.25) is 4.79 Å². The Bertz CT molecular complexity index is 635. The third-order valence-electron chi connectivity index (χ3n) is 3.46. The van der Waals surface area contributed by atoms with Crippen molar-refractivity contribution in [3.05, 3.63) is 45.2 Å². The van der Waals surface area contributed by atoms with Gasteiger partial charge in [0.1, 0.15) is 11.6 Å². The molecule has 0 radical (unpaired) electrons. The van der Waals surface area contributed by atoms with Crippen molar-refractivity contribution >= 4 is 17.1 Å². The van der Waals surface area contributed by atoms with Gasteiger partial charge in [-0.1, -0.05) is 6.07 Å². The highest BCUT2D eigenvalue weighted by Gasteiger charge is 2.37. The predicted octanol–water partition coefficient (Wildman–Crippen LogP) is 2.56. The number of nitriles is 1. The molecule has 1 atom stereocenters. The summed E-state index contributed by atoms with van der Waals surface area (Å²) >= 11 is 1.57. The van der Waals surface area contributed by atoms with E-state index >= 15 is 0 Å². The number of carbonyl (C=O) groups is 1. The van der Waals surface area contributed by atoms with Crippen molar-refractivity contribution in [2.75, 3.05) is 0 Å². The Kier molecular flexibility index (Phi) is 2.88. The first kappa shape index (κ1) is 12.0. The minimum absolute atomic E-state index is 0.0113.